The molecule has 3 rings (SSSR count). The minimum absolute atomic E-state index is 0.0374. The van der Waals surface area contributed by atoms with Crippen LogP contribution in [-0.2, 0) is 9.53 Å². The van der Waals surface area contributed by atoms with Gasteiger partial charge in [-0.25, -0.2) is 0 Å². The number of β-amino-alcohol motifs (C(OH)–C–C–N with tert-alkyl or cyclic N) is 1. The van der Waals surface area contributed by atoms with Gasteiger partial charge in [0.15, 0.2) is 0 Å². The van der Waals surface area contributed by atoms with Gasteiger partial charge < -0.3 is 9.84 Å². The summed E-state index contributed by atoms with van der Waals surface area (Å²) in [6, 6.07) is 9.69. The van der Waals surface area contributed by atoms with Crippen LogP contribution in [0.4, 0.5) is 0 Å². The van der Waals surface area contributed by atoms with Crippen LogP contribution in [0, 0.1) is 0 Å². The number of rotatable bonds is 4. The average molecular weight is 304 g/mol. The Morgan fingerprint density at radius 1 is 1.23 bits per heavy atom. The number of ether oxygens (including phenoxy) is 1. The van der Waals surface area contributed by atoms with Crippen molar-refractivity contribution < 1.29 is 14.6 Å². The van der Waals surface area contributed by atoms with Crippen molar-refractivity contribution in [2.24, 2.45) is 0 Å². The van der Waals surface area contributed by atoms with Gasteiger partial charge in [0, 0.05) is 39.1 Å². The Labute approximate surface area is 131 Å². The standard InChI is InChI=1S/C17H24N2O3/c1-13-11-15(17(21)22-13)19-9-7-18(8-10-19)12-16(20)14-5-3-2-4-6-14/h2-6,13,15-16,20H,7-12H2,1H3. The maximum absolute atomic E-state index is 11.8. The van der Waals surface area contributed by atoms with Gasteiger partial charge in [0.1, 0.15) is 12.1 Å². The smallest absolute Gasteiger partial charge is 0.323 e. The van der Waals surface area contributed by atoms with Gasteiger partial charge >= 0.3 is 5.97 Å². The van der Waals surface area contributed by atoms with Crippen molar-refractivity contribution in [3.05, 3.63) is 35.9 Å². The molecule has 1 aromatic carbocycles. The Morgan fingerprint density at radius 3 is 2.50 bits per heavy atom. The minimum Gasteiger partial charge on any atom is -0.461 e. The van der Waals surface area contributed by atoms with E-state index >= 15 is 0 Å². The lowest BCUT2D eigenvalue weighted by Crippen LogP contribution is -2.52. The highest BCUT2D eigenvalue weighted by Gasteiger charge is 2.37. The normalized spacial score (nSPS) is 28.5. The number of esters is 1. The molecule has 1 N–H and O–H groups in total. The summed E-state index contributed by atoms with van der Waals surface area (Å²) in [5.41, 5.74) is 0.957. The number of hydrogen-bond acceptors (Lipinski definition) is 5. The molecule has 0 aliphatic carbocycles. The van der Waals surface area contributed by atoms with E-state index in [-0.39, 0.29) is 18.1 Å². The highest BCUT2D eigenvalue weighted by Crippen LogP contribution is 2.22. The summed E-state index contributed by atoms with van der Waals surface area (Å²) in [5, 5.41) is 10.3. The van der Waals surface area contributed by atoms with E-state index in [1.165, 1.54) is 0 Å². The number of aliphatic hydroxyl groups is 1. The molecule has 2 fully saturated rings. The first-order chi connectivity index (χ1) is 10.6. The highest BCUT2D eigenvalue weighted by atomic mass is 16.6. The van der Waals surface area contributed by atoms with Crippen molar-refractivity contribution in [1.82, 2.24) is 9.80 Å². The zero-order chi connectivity index (χ0) is 15.5. The largest absolute Gasteiger partial charge is 0.461 e. The van der Waals surface area contributed by atoms with Crippen molar-refractivity contribution in [2.75, 3.05) is 32.7 Å². The van der Waals surface area contributed by atoms with Crippen molar-refractivity contribution in [1.29, 1.82) is 0 Å². The van der Waals surface area contributed by atoms with Gasteiger partial charge in [-0.15, -0.1) is 0 Å². The molecule has 0 aromatic heterocycles. The second-order valence-electron chi connectivity index (χ2n) is 6.26. The van der Waals surface area contributed by atoms with E-state index in [9.17, 15) is 9.90 Å². The molecule has 0 bridgehead atoms. The lowest BCUT2D eigenvalue weighted by atomic mass is 10.1. The lowest BCUT2D eigenvalue weighted by molar-refractivity contribution is -0.145. The second-order valence-corrected chi connectivity index (χ2v) is 6.26. The summed E-state index contributed by atoms with van der Waals surface area (Å²) in [5.74, 6) is -0.0785. The maximum Gasteiger partial charge on any atom is 0.323 e. The summed E-state index contributed by atoms with van der Waals surface area (Å²) >= 11 is 0. The molecule has 3 unspecified atom stereocenters. The molecule has 2 aliphatic heterocycles. The number of carbonyl (C=O) groups is 1. The van der Waals surface area contributed by atoms with Crippen LogP contribution < -0.4 is 0 Å². The summed E-state index contributed by atoms with van der Waals surface area (Å²) in [4.78, 5) is 16.3. The fraction of sp³-hybridized carbons (Fsp3) is 0.588. The number of carbonyl (C=O) groups excluding carboxylic acids is 1. The van der Waals surface area contributed by atoms with E-state index in [0.29, 0.717) is 6.54 Å². The molecular formula is C17H24N2O3. The Hall–Kier alpha value is -1.43. The van der Waals surface area contributed by atoms with Crippen molar-refractivity contribution in [3.8, 4) is 0 Å². The van der Waals surface area contributed by atoms with Crippen molar-refractivity contribution >= 4 is 5.97 Å². The lowest BCUT2D eigenvalue weighted by Gasteiger charge is -2.37. The third-order valence-corrected chi connectivity index (χ3v) is 4.61. The first-order valence-corrected chi connectivity index (χ1v) is 8.03. The zero-order valence-corrected chi connectivity index (χ0v) is 13.0. The Morgan fingerprint density at radius 2 is 1.91 bits per heavy atom. The molecule has 2 heterocycles. The van der Waals surface area contributed by atoms with Crippen molar-refractivity contribution in [3.63, 3.8) is 0 Å². The monoisotopic (exact) mass is 304 g/mol. The van der Waals surface area contributed by atoms with Crippen LogP contribution in [0.2, 0.25) is 0 Å². The number of hydrogen-bond donors (Lipinski definition) is 1. The molecule has 3 atom stereocenters. The quantitative estimate of drug-likeness (QED) is 0.843. The van der Waals surface area contributed by atoms with Gasteiger partial charge in [0.2, 0.25) is 0 Å². The van der Waals surface area contributed by atoms with Gasteiger partial charge in [-0.3, -0.25) is 14.6 Å². The summed E-state index contributed by atoms with van der Waals surface area (Å²) in [7, 11) is 0. The van der Waals surface area contributed by atoms with E-state index in [2.05, 4.69) is 9.80 Å². The molecule has 120 valence electrons. The molecule has 2 saturated heterocycles. The molecular weight excluding hydrogens is 280 g/mol. The van der Waals surface area contributed by atoms with Gasteiger partial charge in [-0.05, 0) is 12.5 Å². The van der Waals surface area contributed by atoms with E-state index in [4.69, 9.17) is 4.74 Å². The number of nitrogens with zero attached hydrogens (tertiary/aromatic N) is 2. The van der Waals surface area contributed by atoms with Crippen molar-refractivity contribution in [2.45, 2.75) is 31.6 Å². The van der Waals surface area contributed by atoms with E-state index in [0.717, 1.165) is 38.2 Å². The third-order valence-electron chi connectivity index (χ3n) is 4.61. The van der Waals surface area contributed by atoms with E-state index < -0.39 is 6.10 Å². The number of cyclic esters (lactones) is 1. The Kier molecular flexibility index (Phi) is 4.76. The van der Waals surface area contributed by atoms with Gasteiger partial charge in [-0.2, -0.15) is 0 Å². The average Bonchev–Trinajstić information content (AvgIpc) is 2.87. The second kappa shape index (κ2) is 6.77. The molecule has 0 radical (unpaired) electrons. The summed E-state index contributed by atoms with van der Waals surface area (Å²) < 4.78 is 5.24. The van der Waals surface area contributed by atoms with Crippen LogP contribution in [0.1, 0.15) is 25.0 Å². The SMILES string of the molecule is CC1CC(N2CCN(CC(O)c3ccccc3)CC2)C(=O)O1. The van der Waals surface area contributed by atoms with Gasteiger partial charge in [0.05, 0.1) is 6.10 Å². The fourth-order valence-electron chi connectivity index (χ4n) is 3.32. The number of benzene rings is 1. The molecule has 22 heavy (non-hydrogen) atoms. The van der Waals surface area contributed by atoms with Crippen LogP contribution in [0.5, 0.6) is 0 Å². The van der Waals surface area contributed by atoms with Crippen LogP contribution in [0.25, 0.3) is 0 Å². The maximum atomic E-state index is 11.8. The minimum atomic E-state index is -0.454. The Bertz CT molecular complexity index is 500. The zero-order valence-electron chi connectivity index (χ0n) is 13.0. The summed E-state index contributed by atoms with van der Waals surface area (Å²) in [6.07, 6.45) is 0.380. The van der Waals surface area contributed by atoms with Gasteiger partial charge in [0.25, 0.3) is 0 Å². The molecule has 5 heteroatoms. The van der Waals surface area contributed by atoms with Gasteiger partial charge in [-0.1, -0.05) is 30.3 Å². The van der Waals surface area contributed by atoms with Crippen LogP contribution in [0.15, 0.2) is 30.3 Å². The highest BCUT2D eigenvalue weighted by molar-refractivity contribution is 5.78. The third kappa shape index (κ3) is 3.48. The predicted octanol–water partition coefficient (Wildman–Crippen LogP) is 1.04. The molecule has 0 saturated carbocycles. The van der Waals surface area contributed by atoms with Crippen LogP contribution >= 0.6 is 0 Å². The van der Waals surface area contributed by atoms with E-state index in [1.54, 1.807) is 0 Å². The molecule has 1 aromatic rings. The summed E-state index contributed by atoms with van der Waals surface area (Å²) in [6.45, 7) is 6.06. The van der Waals surface area contributed by atoms with E-state index in [1.807, 2.05) is 37.3 Å². The molecule has 0 amide bonds. The van der Waals surface area contributed by atoms with Crippen LogP contribution in [0.3, 0.4) is 0 Å². The number of piperazine rings is 1. The first kappa shape index (κ1) is 15.5. The topological polar surface area (TPSA) is 53.0 Å². The molecule has 2 aliphatic rings. The Balaban J connectivity index is 1.49. The molecule has 0 spiro atoms. The fourth-order valence-corrected chi connectivity index (χ4v) is 3.32. The number of aliphatic hydroxyl groups excluding tert-OH is 1. The van der Waals surface area contributed by atoms with Crippen LogP contribution in [-0.4, -0.2) is 65.7 Å². The first-order valence-electron chi connectivity index (χ1n) is 8.03. The molecule has 5 nitrogen and oxygen atoms in total. The predicted molar refractivity (Wildman–Crippen MR) is 83.4 cm³/mol.